The number of aliphatic hydroxyl groups is 1. The van der Waals surface area contributed by atoms with Crippen molar-refractivity contribution in [3.63, 3.8) is 0 Å². The predicted molar refractivity (Wildman–Crippen MR) is 80.3 cm³/mol. The lowest BCUT2D eigenvalue weighted by Crippen LogP contribution is -2.41. The topological polar surface area (TPSA) is 38.7 Å². The van der Waals surface area contributed by atoms with Crippen molar-refractivity contribution in [2.45, 2.75) is 57.3 Å². The molecule has 1 aromatic carbocycles. The highest BCUT2D eigenvalue weighted by molar-refractivity contribution is 6.62. The van der Waals surface area contributed by atoms with Crippen molar-refractivity contribution < 1.29 is 14.4 Å². The van der Waals surface area contributed by atoms with Crippen molar-refractivity contribution in [3.8, 4) is 0 Å². The standard InChI is InChI=1S/C15H20BClO3/c1-13(2)14(3,4)20-16(19-13)11-7-10(8-12(17)9-11)15(18)5-6-15/h7-9,18H,5-6H2,1-4H3. The van der Waals surface area contributed by atoms with Gasteiger partial charge < -0.3 is 14.4 Å². The zero-order valence-corrected chi connectivity index (χ0v) is 13.1. The van der Waals surface area contributed by atoms with Gasteiger partial charge in [-0.1, -0.05) is 17.7 Å². The smallest absolute Gasteiger partial charge is 0.399 e. The summed E-state index contributed by atoms with van der Waals surface area (Å²) in [5, 5.41) is 10.9. The quantitative estimate of drug-likeness (QED) is 0.852. The first kappa shape index (κ1) is 14.4. The van der Waals surface area contributed by atoms with Crippen LogP contribution in [0.3, 0.4) is 0 Å². The molecule has 1 heterocycles. The summed E-state index contributed by atoms with van der Waals surface area (Å²) < 4.78 is 12.1. The zero-order valence-electron chi connectivity index (χ0n) is 12.4. The first-order valence-corrected chi connectivity index (χ1v) is 7.40. The van der Waals surface area contributed by atoms with Gasteiger partial charge in [-0.3, -0.25) is 0 Å². The summed E-state index contributed by atoms with van der Waals surface area (Å²) in [6, 6.07) is 5.61. The molecule has 0 amide bonds. The largest absolute Gasteiger partial charge is 0.494 e. The fraction of sp³-hybridized carbons (Fsp3) is 0.600. The van der Waals surface area contributed by atoms with Crippen LogP contribution in [0, 0.1) is 0 Å². The molecular weight excluding hydrogens is 274 g/mol. The van der Waals surface area contributed by atoms with E-state index in [4.69, 9.17) is 20.9 Å². The average molecular weight is 295 g/mol. The van der Waals surface area contributed by atoms with Crippen molar-refractivity contribution in [2.24, 2.45) is 0 Å². The van der Waals surface area contributed by atoms with Crippen LogP contribution in [-0.2, 0) is 14.9 Å². The minimum atomic E-state index is -0.705. The fourth-order valence-corrected chi connectivity index (χ4v) is 2.65. The van der Waals surface area contributed by atoms with Crippen LogP contribution in [0.4, 0.5) is 0 Å². The molecule has 0 bridgehead atoms. The fourth-order valence-electron chi connectivity index (χ4n) is 2.40. The third kappa shape index (κ3) is 2.29. The van der Waals surface area contributed by atoms with Crippen LogP contribution >= 0.6 is 11.6 Å². The van der Waals surface area contributed by atoms with E-state index in [1.165, 1.54) is 0 Å². The highest BCUT2D eigenvalue weighted by Crippen LogP contribution is 2.45. The highest BCUT2D eigenvalue weighted by atomic mass is 35.5. The number of hydrogen-bond acceptors (Lipinski definition) is 3. The van der Waals surface area contributed by atoms with Crippen LogP contribution < -0.4 is 5.46 Å². The van der Waals surface area contributed by atoms with Crippen LogP contribution in [0.15, 0.2) is 18.2 Å². The molecule has 108 valence electrons. The number of benzene rings is 1. The molecule has 20 heavy (non-hydrogen) atoms. The van der Waals surface area contributed by atoms with Gasteiger partial charge in [0.1, 0.15) is 0 Å². The van der Waals surface area contributed by atoms with Crippen molar-refractivity contribution in [2.75, 3.05) is 0 Å². The van der Waals surface area contributed by atoms with Gasteiger partial charge in [0.15, 0.2) is 0 Å². The van der Waals surface area contributed by atoms with Crippen LogP contribution in [0.25, 0.3) is 0 Å². The maximum absolute atomic E-state index is 10.3. The summed E-state index contributed by atoms with van der Waals surface area (Å²) in [6.07, 6.45) is 1.58. The molecule has 0 aromatic heterocycles. The summed E-state index contributed by atoms with van der Waals surface area (Å²) >= 11 is 6.18. The van der Waals surface area contributed by atoms with Gasteiger partial charge in [-0.25, -0.2) is 0 Å². The van der Waals surface area contributed by atoms with E-state index >= 15 is 0 Å². The molecule has 1 aliphatic carbocycles. The van der Waals surface area contributed by atoms with Gasteiger partial charge in [-0.2, -0.15) is 0 Å². The monoisotopic (exact) mass is 294 g/mol. The molecule has 1 aromatic rings. The van der Waals surface area contributed by atoms with Crippen molar-refractivity contribution in [1.82, 2.24) is 0 Å². The molecule has 0 atom stereocenters. The Kier molecular flexibility index (Phi) is 3.05. The summed E-state index contributed by atoms with van der Waals surface area (Å²) in [5.74, 6) is 0. The Labute approximate surface area is 125 Å². The van der Waals surface area contributed by atoms with E-state index in [1.54, 1.807) is 0 Å². The molecule has 1 N–H and O–H groups in total. The molecule has 1 saturated carbocycles. The number of hydrogen-bond donors (Lipinski definition) is 1. The first-order chi connectivity index (χ1) is 9.13. The second kappa shape index (κ2) is 4.23. The van der Waals surface area contributed by atoms with Crippen molar-refractivity contribution in [1.29, 1.82) is 0 Å². The van der Waals surface area contributed by atoms with E-state index in [0.29, 0.717) is 5.02 Å². The Balaban J connectivity index is 1.94. The van der Waals surface area contributed by atoms with Crippen LogP contribution in [-0.4, -0.2) is 23.4 Å². The highest BCUT2D eigenvalue weighted by Gasteiger charge is 2.52. The lowest BCUT2D eigenvalue weighted by molar-refractivity contribution is 0.00578. The average Bonchev–Trinajstić information content (AvgIpc) is 3.01. The Morgan fingerprint density at radius 2 is 1.60 bits per heavy atom. The third-order valence-electron chi connectivity index (χ3n) is 4.71. The maximum atomic E-state index is 10.3. The van der Waals surface area contributed by atoms with Gasteiger partial charge in [-0.05, 0) is 63.7 Å². The minimum Gasteiger partial charge on any atom is -0.399 e. The first-order valence-electron chi connectivity index (χ1n) is 7.02. The van der Waals surface area contributed by atoms with Crippen LogP contribution in [0.2, 0.25) is 5.02 Å². The van der Waals surface area contributed by atoms with E-state index in [2.05, 4.69) is 0 Å². The molecule has 0 radical (unpaired) electrons. The summed E-state index contributed by atoms with van der Waals surface area (Å²) in [7, 11) is -0.445. The van der Waals surface area contributed by atoms with E-state index in [9.17, 15) is 5.11 Å². The predicted octanol–water partition coefficient (Wildman–Crippen LogP) is 2.62. The molecule has 1 aliphatic heterocycles. The second-order valence-electron chi connectivity index (χ2n) is 6.89. The Bertz CT molecular complexity index is 536. The summed E-state index contributed by atoms with van der Waals surface area (Å²) in [6.45, 7) is 8.08. The maximum Gasteiger partial charge on any atom is 0.494 e. The molecule has 2 fully saturated rings. The van der Waals surface area contributed by atoms with E-state index < -0.39 is 12.7 Å². The van der Waals surface area contributed by atoms with Gasteiger partial charge in [0.05, 0.1) is 16.8 Å². The minimum absolute atomic E-state index is 0.378. The van der Waals surface area contributed by atoms with Crippen molar-refractivity contribution >= 4 is 24.2 Å². The van der Waals surface area contributed by atoms with Crippen molar-refractivity contribution in [3.05, 3.63) is 28.8 Å². The van der Waals surface area contributed by atoms with E-state index in [-0.39, 0.29) is 11.2 Å². The molecule has 0 unspecified atom stereocenters. The van der Waals surface area contributed by atoms with Gasteiger partial charge >= 0.3 is 7.12 Å². The molecule has 5 heteroatoms. The number of rotatable bonds is 2. The zero-order chi connectivity index (χ0) is 14.8. The number of halogens is 1. The van der Waals surface area contributed by atoms with Crippen LogP contribution in [0.5, 0.6) is 0 Å². The summed E-state index contributed by atoms with van der Waals surface area (Å²) in [5.41, 5.74) is 0.262. The normalized spacial score (nSPS) is 25.8. The van der Waals surface area contributed by atoms with Crippen LogP contribution in [0.1, 0.15) is 46.1 Å². The summed E-state index contributed by atoms with van der Waals surface area (Å²) in [4.78, 5) is 0. The molecule has 3 rings (SSSR count). The molecule has 2 aliphatic rings. The Hall–Kier alpha value is -0.545. The van der Waals surface area contributed by atoms with Gasteiger partial charge in [0, 0.05) is 5.02 Å². The Morgan fingerprint density at radius 1 is 1.05 bits per heavy atom. The molecule has 3 nitrogen and oxygen atoms in total. The van der Waals surface area contributed by atoms with E-state index in [1.807, 2.05) is 45.9 Å². The van der Waals surface area contributed by atoms with Gasteiger partial charge in [0.25, 0.3) is 0 Å². The van der Waals surface area contributed by atoms with E-state index in [0.717, 1.165) is 23.9 Å². The Morgan fingerprint density at radius 3 is 2.10 bits per heavy atom. The second-order valence-corrected chi connectivity index (χ2v) is 7.33. The SMILES string of the molecule is CC1(C)OB(c2cc(Cl)cc(C3(O)CC3)c2)OC1(C)C. The molecule has 0 spiro atoms. The van der Waals surface area contributed by atoms with Gasteiger partial charge in [-0.15, -0.1) is 0 Å². The third-order valence-corrected chi connectivity index (χ3v) is 4.92. The molecular formula is C15H20BClO3. The lowest BCUT2D eigenvalue weighted by atomic mass is 9.78. The lowest BCUT2D eigenvalue weighted by Gasteiger charge is -2.32. The van der Waals surface area contributed by atoms with Gasteiger partial charge in [0.2, 0.25) is 0 Å². The molecule has 1 saturated heterocycles.